The molecule has 1 aromatic rings. The third-order valence-corrected chi connectivity index (χ3v) is 5.79. The Morgan fingerprint density at radius 1 is 1.43 bits per heavy atom. The number of esters is 1. The first-order valence-corrected chi connectivity index (χ1v) is 10.8. The summed E-state index contributed by atoms with van der Waals surface area (Å²) in [6.07, 6.45) is 0. The summed E-state index contributed by atoms with van der Waals surface area (Å²) >= 11 is 2.74. The maximum absolute atomic E-state index is 12.6. The third kappa shape index (κ3) is 5.40. The number of hydrogen-bond acceptors (Lipinski definition) is 7. The number of carbonyl (C=O) groups excluding carboxylic acids is 2. The van der Waals surface area contributed by atoms with E-state index in [0.29, 0.717) is 21.9 Å². The zero-order valence-electron chi connectivity index (χ0n) is 16.7. The highest BCUT2D eigenvalue weighted by Crippen LogP contribution is 2.42. The first-order valence-electron chi connectivity index (χ1n) is 8.94. The van der Waals surface area contributed by atoms with Crippen molar-refractivity contribution in [2.24, 2.45) is 0 Å². The quantitative estimate of drug-likeness (QED) is 0.684. The molecule has 2 rings (SSSR count). The topological polar surface area (TPSA) is 91.2 Å². The van der Waals surface area contributed by atoms with Gasteiger partial charge in [0.1, 0.15) is 0 Å². The van der Waals surface area contributed by atoms with E-state index in [1.807, 2.05) is 38.3 Å². The molecule has 0 bridgehead atoms. The summed E-state index contributed by atoms with van der Waals surface area (Å²) < 4.78 is 5.23. The number of rotatable bonds is 6. The molecule has 0 radical (unpaired) electrons. The number of carbonyl (C=O) groups is 2. The molecule has 150 valence electrons. The number of allylic oxidation sites excluding steroid dienone is 2. The third-order valence-electron chi connectivity index (χ3n) is 3.83. The van der Waals surface area contributed by atoms with E-state index >= 15 is 0 Å². The molecule has 0 spiro atoms. The summed E-state index contributed by atoms with van der Waals surface area (Å²) in [5, 5.41) is 18.4. The number of nitrogens with zero attached hydrogens (tertiary/aromatic N) is 1. The van der Waals surface area contributed by atoms with E-state index in [-0.39, 0.29) is 23.8 Å². The van der Waals surface area contributed by atoms with Crippen LogP contribution in [0.3, 0.4) is 0 Å². The number of dihydropyridines is 1. The van der Waals surface area contributed by atoms with E-state index in [2.05, 4.69) is 16.7 Å². The molecule has 2 heterocycles. The van der Waals surface area contributed by atoms with Gasteiger partial charge in [0.25, 0.3) is 0 Å². The molecule has 0 saturated carbocycles. The van der Waals surface area contributed by atoms with Crippen molar-refractivity contribution in [1.29, 1.82) is 5.26 Å². The fraction of sp³-hybridized carbons (Fsp3) is 0.450. The van der Waals surface area contributed by atoms with E-state index < -0.39 is 11.9 Å². The van der Waals surface area contributed by atoms with Crippen LogP contribution in [-0.2, 0) is 14.3 Å². The van der Waals surface area contributed by atoms with Gasteiger partial charge in [0.05, 0.1) is 40.5 Å². The number of amides is 1. The Bertz CT molecular complexity index is 843. The highest BCUT2D eigenvalue weighted by Gasteiger charge is 2.36. The van der Waals surface area contributed by atoms with Gasteiger partial charge in [-0.1, -0.05) is 17.8 Å². The molecule has 0 aliphatic carbocycles. The fourth-order valence-corrected chi connectivity index (χ4v) is 4.57. The second-order valence-electron chi connectivity index (χ2n) is 7.27. The van der Waals surface area contributed by atoms with Crippen molar-refractivity contribution in [2.45, 2.75) is 46.1 Å². The lowest BCUT2D eigenvalue weighted by Crippen LogP contribution is -2.41. The van der Waals surface area contributed by atoms with Crippen LogP contribution in [0, 0.1) is 11.3 Å². The van der Waals surface area contributed by atoms with Crippen molar-refractivity contribution in [1.82, 2.24) is 10.6 Å². The normalized spacial score (nSPS) is 17.1. The average Bonchev–Trinajstić information content (AvgIpc) is 3.12. The van der Waals surface area contributed by atoms with Crippen LogP contribution in [0.1, 0.15) is 45.4 Å². The van der Waals surface area contributed by atoms with E-state index in [0.717, 1.165) is 4.88 Å². The Hall–Kier alpha value is -2.24. The smallest absolute Gasteiger partial charge is 0.336 e. The average molecular weight is 420 g/mol. The number of nitriles is 1. The minimum Gasteiger partial charge on any atom is -0.463 e. The van der Waals surface area contributed by atoms with E-state index in [9.17, 15) is 14.9 Å². The summed E-state index contributed by atoms with van der Waals surface area (Å²) in [4.78, 5) is 25.7. The molecule has 1 aliphatic heterocycles. The maximum Gasteiger partial charge on any atom is 0.336 e. The largest absolute Gasteiger partial charge is 0.463 e. The summed E-state index contributed by atoms with van der Waals surface area (Å²) in [5.41, 5.74) is 1.17. The number of thiophene rings is 1. The Kier molecular flexibility index (Phi) is 7.33. The van der Waals surface area contributed by atoms with Crippen molar-refractivity contribution in [3.63, 3.8) is 0 Å². The van der Waals surface area contributed by atoms with Crippen LogP contribution in [0.5, 0.6) is 0 Å². The first kappa shape index (κ1) is 22.1. The number of nitrogens with one attached hydrogen (secondary N) is 2. The number of ether oxygens (including phenoxy) is 1. The standard InChI is InChI=1S/C20H25N3O3S2/c1-6-26-19(25)16-12(2)22-18(28-11-15(24)23-20(3,4)5)13(10-21)17(16)14-8-7-9-27-14/h7-9,17,22H,6,11H2,1-5H3,(H,23,24)/t17-/m1/s1. The van der Waals surface area contributed by atoms with Crippen LogP contribution < -0.4 is 10.6 Å². The first-order chi connectivity index (χ1) is 13.2. The molecule has 1 aliphatic rings. The summed E-state index contributed by atoms with van der Waals surface area (Å²) in [6.45, 7) is 9.54. The van der Waals surface area contributed by atoms with Crippen molar-refractivity contribution >= 4 is 35.0 Å². The second-order valence-corrected chi connectivity index (χ2v) is 9.24. The van der Waals surface area contributed by atoms with Crippen molar-refractivity contribution in [3.8, 4) is 6.07 Å². The van der Waals surface area contributed by atoms with Crippen LogP contribution in [0.2, 0.25) is 0 Å². The molecule has 0 unspecified atom stereocenters. The molecule has 1 atom stereocenters. The molecule has 1 amide bonds. The van der Waals surface area contributed by atoms with Crippen LogP contribution >= 0.6 is 23.1 Å². The molecule has 8 heteroatoms. The van der Waals surface area contributed by atoms with Gasteiger partial charge in [-0.05, 0) is 46.1 Å². The van der Waals surface area contributed by atoms with E-state index in [1.54, 1.807) is 13.8 Å². The maximum atomic E-state index is 12.6. The Balaban J connectivity index is 2.36. The van der Waals surface area contributed by atoms with Crippen LogP contribution in [0.25, 0.3) is 0 Å². The molecule has 1 aromatic heterocycles. The van der Waals surface area contributed by atoms with Gasteiger partial charge in [0.2, 0.25) is 5.91 Å². The van der Waals surface area contributed by atoms with Gasteiger partial charge < -0.3 is 15.4 Å². The van der Waals surface area contributed by atoms with E-state index in [4.69, 9.17) is 4.74 Å². The SMILES string of the molecule is CCOC(=O)C1=C(C)NC(SCC(=O)NC(C)(C)C)=C(C#N)[C@@H]1c1cccs1. The van der Waals surface area contributed by atoms with Gasteiger partial charge in [0.15, 0.2) is 0 Å². The van der Waals surface area contributed by atoms with Crippen LogP contribution in [0.4, 0.5) is 0 Å². The lowest BCUT2D eigenvalue weighted by Gasteiger charge is -2.28. The highest BCUT2D eigenvalue weighted by atomic mass is 32.2. The van der Waals surface area contributed by atoms with Crippen molar-refractivity contribution in [3.05, 3.63) is 44.3 Å². The van der Waals surface area contributed by atoms with Gasteiger partial charge in [-0.2, -0.15) is 5.26 Å². The van der Waals surface area contributed by atoms with Crippen molar-refractivity contribution in [2.75, 3.05) is 12.4 Å². The fourth-order valence-electron chi connectivity index (χ4n) is 2.84. The summed E-state index contributed by atoms with van der Waals surface area (Å²) in [5.74, 6) is -0.884. The van der Waals surface area contributed by atoms with Gasteiger partial charge in [-0.15, -0.1) is 11.3 Å². The second kappa shape index (κ2) is 9.30. The molecule has 0 aromatic carbocycles. The lowest BCUT2D eigenvalue weighted by molar-refractivity contribution is -0.138. The van der Waals surface area contributed by atoms with Gasteiger partial charge in [-0.3, -0.25) is 4.79 Å². The molecule has 0 saturated heterocycles. The molecule has 0 fully saturated rings. The molecule has 6 nitrogen and oxygen atoms in total. The molecular weight excluding hydrogens is 394 g/mol. The zero-order chi connectivity index (χ0) is 20.9. The van der Waals surface area contributed by atoms with Gasteiger partial charge >= 0.3 is 5.97 Å². The van der Waals surface area contributed by atoms with E-state index in [1.165, 1.54) is 23.1 Å². The van der Waals surface area contributed by atoms with Gasteiger partial charge in [-0.25, -0.2) is 4.79 Å². The van der Waals surface area contributed by atoms with Crippen LogP contribution in [0.15, 0.2) is 39.4 Å². The minimum atomic E-state index is -0.501. The highest BCUT2D eigenvalue weighted by molar-refractivity contribution is 8.03. The predicted molar refractivity (Wildman–Crippen MR) is 113 cm³/mol. The Morgan fingerprint density at radius 3 is 2.68 bits per heavy atom. The number of thioether (sulfide) groups is 1. The summed E-state index contributed by atoms with van der Waals surface area (Å²) in [7, 11) is 0. The monoisotopic (exact) mass is 419 g/mol. The van der Waals surface area contributed by atoms with Gasteiger partial charge in [0, 0.05) is 16.1 Å². The Morgan fingerprint density at radius 2 is 2.14 bits per heavy atom. The Labute approximate surface area is 174 Å². The lowest BCUT2D eigenvalue weighted by atomic mass is 9.87. The molecule has 28 heavy (non-hydrogen) atoms. The zero-order valence-corrected chi connectivity index (χ0v) is 18.3. The minimum absolute atomic E-state index is 0.116. The van der Waals surface area contributed by atoms with Crippen LogP contribution in [-0.4, -0.2) is 29.8 Å². The molecular formula is C20H25N3O3S2. The summed E-state index contributed by atoms with van der Waals surface area (Å²) in [6, 6.07) is 6.03. The molecule has 2 N–H and O–H groups in total. The van der Waals surface area contributed by atoms with Crippen molar-refractivity contribution < 1.29 is 14.3 Å². The predicted octanol–water partition coefficient (Wildman–Crippen LogP) is 3.66. The number of hydrogen-bond donors (Lipinski definition) is 2.